The van der Waals surface area contributed by atoms with E-state index in [1.165, 1.54) is 0 Å². The molecule has 2 aliphatic heterocycles. The first kappa shape index (κ1) is 8.97. The topological polar surface area (TPSA) is 49.8 Å². The van der Waals surface area contributed by atoms with E-state index in [1.807, 2.05) is 0 Å². The maximum absolute atomic E-state index is 10.5. The average molecular weight is 185 g/mol. The lowest BCUT2D eigenvalue weighted by Crippen LogP contribution is -2.53. The fourth-order valence-electron chi connectivity index (χ4n) is 1.89. The van der Waals surface area contributed by atoms with Crippen LogP contribution in [0.2, 0.25) is 0 Å². The molecule has 13 heavy (non-hydrogen) atoms. The number of hydrogen-bond donors (Lipinski definition) is 1. The molecule has 1 atom stereocenters. The number of carboxylic acid groups (broad SMARTS) is 1. The molecule has 0 spiro atoms. The normalized spacial score (nSPS) is 29.4. The van der Waals surface area contributed by atoms with Gasteiger partial charge in [0.15, 0.2) is 0 Å². The number of likely N-dealkylation sites (tertiary alicyclic amines) is 1. The summed E-state index contributed by atoms with van der Waals surface area (Å²) in [5.74, 6) is -0.0313. The van der Waals surface area contributed by atoms with Gasteiger partial charge in [-0.1, -0.05) is 0 Å². The summed E-state index contributed by atoms with van der Waals surface area (Å²) in [5, 5.41) is 8.62. The molecule has 0 bridgehead atoms. The Hall–Kier alpha value is -0.610. The van der Waals surface area contributed by atoms with Crippen LogP contribution in [0, 0.1) is 5.92 Å². The highest BCUT2D eigenvalue weighted by molar-refractivity contribution is 5.67. The molecule has 2 saturated heterocycles. The van der Waals surface area contributed by atoms with Gasteiger partial charge in [-0.15, -0.1) is 0 Å². The zero-order valence-corrected chi connectivity index (χ0v) is 7.61. The first-order chi connectivity index (χ1) is 6.25. The van der Waals surface area contributed by atoms with Crippen molar-refractivity contribution < 1.29 is 14.6 Å². The first-order valence-corrected chi connectivity index (χ1v) is 4.79. The van der Waals surface area contributed by atoms with Gasteiger partial charge in [0, 0.05) is 18.5 Å². The number of carboxylic acids is 1. The Morgan fingerprint density at radius 3 is 2.69 bits per heavy atom. The summed E-state index contributed by atoms with van der Waals surface area (Å²) < 4.78 is 5.08. The summed E-state index contributed by atoms with van der Waals surface area (Å²) in [6.07, 6.45) is 1.34. The van der Waals surface area contributed by atoms with Crippen LogP contribution in [0.5, 0.6) is 0 Å². The van der Waals surface area contributed by atoms with Crippen LogP contribution < -0.4 is 0 Å². The van der Waals surface area contributed by atoms with Crippen molar-refractivity contribution in [3.8, 4) is 0 Å². The summed E-state index contributed by atoms with van der Waals surface area (Å²) in [4.78, 5) is 12.7. The third kappa shape index (κ3) is 2.00. The van der Waals surface area contributed by atoms with E-state index in [0.717, 1.165) is 32.7 Å². The minimum Gasteiger partial charge on any atom is -0.481 e. The fraction of sp³-hybridized carbons (Fsp3) is 0.889. The molecule has 0 saturated carbocycles. The van der Waals surface area contributed by atoms with E-state index in [-0.39, 0.29) is 6.04 Å². The molecule has 2 fully saturated rings. The van der Waals surface area contributed by atoms with Gasteiger partial charge in [-0.05, 0) is 13.0 Å². The number of aliphatic carboxylic acids is 1. The van der Waals surface area contributed by atoms with Crippen LogP contribution >= 0.6 is 0 Å². The van der Waals surface area contributed by atoms with Gasteiger partial charge in [-0.3, -0.25) is 9.69 Å². The van der Waals surface area contributed by atoms with Crippen LogP contribution in [0.4, 0.5) is 0 Å². The van der Waals surface area contributed by atoms with E-state index in [4.69, 9.17) is 9.84 Å². The summed E-state index contributed by atoms with van der Waals surface area (Å²) >= 11 is 0. The van der Waals surface area contributed by atoms with E-state index in [0.29, 0.717) is 12.3 Å². The van der Waals surface area contributed by atoms with Crippen LogP contribution in [0.1, 0.15) is 12.8 Å². The van der Waals surface area contributed by atoms with Gasteiger partial charge in [-0.25, -0.2) is 0 Å². The second-order valence-corrected chi connectivity index (χ2v) is 3.94. The molecule has 2 rings (SSSR count). The van der Waals surface area contributed by atoms with E-state index in [9.17, 15) is 4.79 Å². The summed E-state index contributed by atoms with van der Waals surface area (Å²) in [5.41, 5.74) is 0. The molecule has 1 N–H and O–H groups in total. The van der Waals surface area contributed by atoms with Crippen LogP contribution in [0.3, 0.4) is 0 Å². The largest absolute Gasteiger partial charge is 0.481 e. The van der Waals surface area contributed by atoms with Crippen LogP contribution in [-0.4, -0.2) is 48.3 Å². The van der Waals surface area contributed by atoms with Crippen molar-refractivity contribution in [3.63, 3.8) is 0 Å². The Morgan fingerprint density at radius 1 is 1.54 bits per heavy atom. The highest BCUT2D eigenvalue weighted by Gasteiger charge is 2.33. The van der Waals surface area contributed by atoms with Gasteiger partial charge in [0.25, 0.3) is 0 Å². The SMILES string of the molecule is O=C(O)CC1CCN1CC1COC1. The van der Waals surface area contributed by atoms with E-state index in [2.05, 4.69) is 4.90 Å². The number of ether oxygens (including phenoxy) is 1. The van der Waals surface area contributed by atoms with Gasteiger partial charge in [-0.2, -0.15) is 0 Å². The van der Waals surface area contributed by atoms with Crippen molar-refractivity contribution in [3.05, 3.63) is 0 Å². The standard InChI is InChI=1S/C9H15NO3/c11-9(12)3-8-1-2-10(8)4-7-5-13-6-7/h7-8H,1-6H2,(H,11,12). The Morgan fingerprint density at radius 2 is 2.31 bits per heavy atom. The maximum Gasteiger partial charge on any atom is 0.304 e. The molecule has 0 aromatic rings. The average Bonchev–Trinajstić information content (AvgIpc) is 1.95. The molecule has 2 heterocycles. The maximum atomic E-state index is 10.5. The second kappa shape index (κ2) is 3.64. The van der Waals surface area contributed by atoms with Crippen molar-refractivity contribution in [1.29, 1.82) is 0 Å². The van der Waals surface area contributed by atoms with E-state index >= 15 is 0 Å². The van der Waals surface area contributed by atoms with Crippen molar-refractivity contribution in [1.82, 2.24) is 4.90 Å². The molecule has 0 aliphatic carbocycles. The van der Waals surface area contributed by atoms with Crippen molar-refractivity contribution >= 4 is 5.97 Å². The van der Waals surface area contributed by atoms with Gasteiger partial charge in [0.05, 0.1) is 19.6 Å². The Kier molecular flexibility index (Phi) is 2.51. The first-order valence-electron chi connectivity index (χ1n) is 4.79. The van der Waals surface area contributed by atoms with Crippen LogP contribution in [-0.2, 0) is 9.53 Å². The lowest BCUT2D eigenvalue weighted by atomic mass is 9.96. The van der Waals surface area contributed by atoms with Gasteiger partial charge >= 0.3 is 5.97 Å². The third-order valence-electron chi connectivity index (χ3n) is 2.88. The minimum absolute atomic E-state index is 0.290. The molecule has 0 aromatic carbocycles. The molecule has 1 unspecified atom stereocenters. The Labute approximate surface area is 77.5 Å². The molecule has 0 amide bonds. The Balaban J connectivity index is 1.70. The molecular formula is C9H15NO3. The fourth-order valence-corrected chi connectivity index (χ4v) is 1.89. The molecule has 0 aromatic heterocycles. The van der Waals surface area contributed by atoms with Gasteiger partial charge < -0.3 is 9.84 Å². The quantitative estimate of drug-likeness (QED) is 0.679. The molecule has 4 heteroatoms. The number of carbonyl (C=O) groups is 1. The Bertz CT molecular complexity index is 203. The smallest absolute Gasteiger partial charge is 0.304 e. The van der Waals surface area contributed by atoms with E-state index < -0.39 is 5.97 Å². The van der Waals surface area contributed by atoms with Gasteiger partial charge in [0.2, 0.25) is 0 Å². The molecule has 4 nitrogen and oxygen atoms in total. The predicted octanol–water partition coefficient (Wildman–Crippen LogP) is 0.182. The second-order valence-electron chi connectivity index (χ2n) is 3.94. The molecule has 0 radical (unpaired) electrons. The number of nitrogens with zero attached hydrogens (tertiary/aromatic N) is 1. The minimum atomic E-state index is -0.681. The summed E-state index contributed by atoms with van der Waals surface area (Å²) in [6.45, 7) is 3.80. The van der Waals surface area contributed by atoms with Crippen molar-refractivity contribution in [2.75, 3.05) is 26.3 Å². The molecule has 2 aliphatic rings. The van der Waals surface area contributed by atoms with Crippen LogP contribution in [0.15, 0.2) is 0 Å². The zero-order chi connectivity index (χ0) is 9.26. The summed E-state index contributed by atoms with van der Waals surface area (Å²) in [6, 6.07) is 0.290. The van der Waals surface area contributed by atoms with Crippen molar-refractivity contribution in [2.24, 2.45) is 5.92 Å². The highest BCUT2D eigenvalue weighted by atomic mass is 16.5. The predicted molar refractivity (Wildman–Crippen MR) is 46.5 cm³/mol. The summed E-state index contributed by atoms with van der Waals surface area (Å²) in [7, 11) is 0. The monoisotopic (exact) mass is 185 g/mol. The molecular weight excluding hydrogens is 170 g/mol. The third-order valence-corrected chi connectivity index (χ3v) is 2.88. The van der Waals surface area contributed by atoms with Gasteiger partial charge in [0.1, 0.15) is 0 Å². The molecule has 74 valence electrons. The van der Waals surface area contributed by atoms with E-state index in [1.54, 1.807) is 0 Å². The highest BCUT2D eigenvalue weighted by Crippen LogP contribution is 2.23. The lowest BCUT2D eigenvalue weighted by molar-refractivity contribution is -0.140. The number of rotatable bonds is 4. The number of hydrogen-bond acceptors (Lipinski definition) is 3. The zero-order valence-electron chi connectivity index (χ0n) is 7.61. The van der Waals surface area contributed by atoms with Crippen LogP contribution in [0.25, 0.3) is 0 Å². The lowest BCUT2D eigenvalue weighted by Gasteiger charge is -2.43. The van der Waals surface area contributed by atoms with Crippen molar-refractivity contribution in [2.45, 2.75) is 18.9 Å².